The second-order valence-corrected chi connectivity index (χ2v) is 6.23. The average Bonchev–Trinajstić information content (AvgIpc) is 3.01. The van der Waals surface area contributed by atoms with Crippen molar-refractivity contribution in [2.45, 2.75) is 40.7 Å². The average molecular weight is 448 g/mol. The van der Waals surface area contributed by atoms with Crippen LogP contribution in [0.15, 0.2) is 20.9 Å². The predicted octanol–water partition coefficient (Wildman–Crippen LogP) is 3.58. The van der Waals surface area contributed by atoms with Gasteiger partial charge in [0.2, 0.25) is 0 Å². The fraction of sp³-hybridized carbons (Fsp3) is 0.500. The molecule has 0 amide bonds. The van der Waals surface area contributed by atoms with Crippen LogP contribution >= 0.6 is 35.3 Å². The largest absolute Gasteiger partial charge is 0.466 e. The first-order valence-corrected chi connectivity index (χ1v) is 8.45. The van der Waals surface area contributed by atoms with Gasteiger partial charge >= 0.3 is 0 Å². The standard InChI is InChI=1S/C16H24N4OS.HI/c1-5-17-16(18-7-6-15-10-22-13(4)20-15)19-9-14-8-11(2)21-12(14)3;/h8,10H,5-7,9H2,1-4H3,(H2,17,18,19);1H. The number of aromatic nitrogens is 1. The summed E-state index contributed by atoms with van der Waals surface area (Å²) in [5.74, 6) is 2.70. The summed E-state index contributed by atoms with van der Waals surface area (Å²) >= 11 is 1.69. The van der Waals surface area contributed by atoms with Gasteiger partial charge in [-0.05, 0) is 33.8 Å². The summed E-state index contributed by atoms with van der Waals surface area (Å²) < 4.78 is 5.53. The normalized spacial score (nSPS) is 11.2. The van der Waals surface area contributed by atoms with Crippen LogP contribution in [0.4, 0.5) is 0 Å². The highest BCUT2D eigenvalue weighted by Gasteiger charge is 2.05. The van der Waals surface area contributed by atoms with Gasteiger partial charge in [0.25, 0.3) is 0 Å². The van der Waals surface area contributed by atoms with Gasteiger partial charge in [-0.2, -0.15) is 0 Å². The zero-order valence-corrected chi connectivity index (χ0v) is 17.2. The molecule has 23 heavy (non-hydrogen) atoms. The Morgan fingerprint density at radius 1 is 1.30 bits per heavy atom. The van der Waals surface area contributed by atoms with Crippen LogP contribution in [0.3, 0.4) is 0 Å². The van der Waals surface area contributed by atoms with Crippen molar-refractivity contribution in [3.05, 3.63) is 39.2 Å². The van der Waals surface area contributed by atoms with Crippen molar-refractivity contribution in [1.82, 2.24) is 15.6 Å². The Morgan fingerprint density at radius 2 is 2.09 bits per heavy atom. The van der Waals surface area contributed by atoms with E-state index in [2.05, 4.69) is 32.9 Å². The van der Waals surface area contributed by atoms with Crippen molar-refractivity contribution in [1.29, 1.82) is 0 Å². The number of guanidine groups is 1. The molecule has 0 radical (unpaired) electrons. The molecular formula is C16H25IN4OS. The molecule has 2 N–H and O–H groups in total. The first-order valence-electron chi connectivity index (χ1n) is 7.57. The summed E-state index contributed by atoms with van der Waals surface area (Å²) in [7, 11) is 0. The number of thiazole rings is 1. The van der Waals surface area contributed by atoms with E-state index in [0.717, 1.165) is 53.3 Å². The zero-order chi connectivity index (χ0) is 15.9. The summed E-state index contributed by atoms with van der Waals surface area (Å²) in [6.45, 7) is 10.3. The lowest BCUT2D eigenvalue weighted by atomic mass is 10.2. The highest BCUT2D eigenvalue weighted by Crippen LogP contribution is 2.14. The fourth-order valence-electron chi connectivity index (χ4n) is 2.18. The van der Waals surface area contributed by atoms with Crippen molar-refractivity contribution < 1.29 is 4.42 Å². The first-order chi connectivity index (χ1) is 10.6. The number of aliphatic imine (C=N–C) groups is 1. The van der Waals surface area contributed by atoms with Gasteiger partial charge in [0.1, 0.15) is 11.5 Å². The van der Waals surface area contributed by atoms with Gasteiger partial charge < -0.3 is 15.1 Å². The van der Waals surface area contributed by atoms with Gasteiger partial charge in [0, 0.05) is 30.5 Å². The molecule has 128 valence electrons. The summed E-state index contributed by atoms with van der Waals surface area (Å²) in [5.41, 5.74) is 2.26. The molecule has 0 atom stereocenters. The van der Waals surface area contributed by atoms with Crippen molar-refractivity contribution in [3.63, 3.8) is 0 Å². The van der Waals surface area contributed by atoms with E-state index >= 15 is 0 Å². The smallest absolute Gasteiger partial charge is 0.191 e. The van der Waals surface area contributed by atoms with E-state index in [1.165, 1.54) is 0 Å². The number of hydrogen-bond donors (Lipinski definition) is 2. The minimum absolute atomic E-state index is 0. The lowest BCUT2D eigenvalue weighted by molar-refractivity contribution is 0.501. The number of furan rings is 1. The van der Waals surface area contributed by atoms with E-state index in [0.29, 0.717) is 6.54 Å². The van der Waals surface area contributed by atoms with Gasteiger partial charge in [-0.1, -0.05) is 0 Å². The Kier molecular flexibility index (Phi) is 8.60. The Balaban J connectivity index is 0.00000264. The number of aryl methyl sites for hydroxylation is 3. The Bertz CT molecular complexity index is 636. The summed E-state index contributed by atoms with van der Waals surface area (Å²) in [6.07, 6.45) is 0.901. The minimum Gasteiger partial charge on any atom is -0.466 e. The Hall–Kier alpha value is -1.09. The number of nitrogens with zero attached hydrogens (tertiary/aromatic N) is 2. The van der Waals surface area contributed by atoms with Crippen LogP contribution < -0.4 is 10.6 Å². The molecule has 0 aromatic carbocycles. The number of hydrogen-bond acceptors (Lipinski definition) is 4. The third-order valence-electron chi connectivity index (χ3n) is 3.24. The van der Waals surface area contributed by atoms with Gasteiger partial charge in [-0.15, -0.1) is 35.3 Å². The maximum absolute atomic E-state index is 5.53. The van der Waals surface area contributed by atoms with E-state index in [9.17, 15) is 0 Å². The second kappa shape index (κ2) is 9.92. The fourth-order valence-corrected chi connectivity index (χ4v) is 2.83. The first kappa shape index (κ1) is 20.0. The van der Waals surface area contributed by atoms with Gasteiger partial charge in [0.05, 0.1) is 17.2 Å². The van der Waals surface area contributed by atoms with Crippen LogP contribution in [0, 0.1) is 20.8 Å². The van der Waals surface area contributed by atoms with E-state index in [1.807, 2.05) is 26.8 Å². The van der Waals surface area contributed by atoms with Crippen molar-refractivity contribution in [3.8, 4) is 0 Å². The summed E-state index contributed by atoms with van der Waals surface area (Å²) in [6, 6.07) is 2.04. The highest BCUT2D eigenvalue weighted by atomic mass is 127. The van der Waals surface area contributed by atoms with Crippen molar-refractivity contribution in [2.24, 2.45) is 4.99 Å². The summed E-state index contributed by atoms with van der Waals surface area (Å²) in [5, 5.41) is 9.83. The summed E-state index contributed by atoms with van der Waals surface area (Å²) in [4.78, 5) is 9.08. The van der Waals surface area contributed by atoms with Gasteiger partial charge in [0.15, 0.2) is 5.96 Å². The van der Waals surface area contributed by atoms with Crippen LogP contribution in [0.5, 0.6) is 0 Å². The van der Waals surface area contributed by atoms with Crippen LogP contribution in [0.2, 0.25) is 0 Å². The third-order valence-corrected chi connectivity index (χ3v) is 4.06. The SMILES string of the molecule is CCNC(=NCc1cc(C)oc1C)NCCc1csc(C)n1.I. The maximum atomic E-state index is 5.53. The molecule has 0 bridgehead atoms. The monoisotopic (exact) mass is 448 g/mol. The quantitative estimate of drug-likeness (QED) is 0.403. The molecule has 0 saturated heterocycles. The molecule has 5 nitrogen and oxygen atoms in total. The molecule has 2 heterocycles. The number of rotatable bonds is 6. The molecule has 0 aliphatic carbocycles. The molecule has 0 fully saturated rings. The van der Waals surface area contributed by atoms with E-state index < -0.39 is 0 Å². The van der Waals surface area contributed by atoms with Crippen LogP contribution in [0.25, 0.3) is 0 Å². The molecule has 0 unspecified atom stereocenters. The van der Waals surface area contributed by atoms with Gasteiger partial charge in [-0.25, -0.2) is 9.98 Å². The van der Waals surface area contributed by atoms with Gasteiger partial charge in [-0.3, -0.25) is 0 Å². The molecule has 0 saturated carbocycles. The second-order valence-electron chi connectivity index (χ2n) is 5.17. The van der Waals surface area contributed by atoms with Crippen LogP contribution in [-0.2, 0) is 13.0 Å². The maximum Gasteiger partial charge on any atom is 0.191 e. The molecular weight excluding hydrogens is 423 g/mol. The Morgan fingerprint density at radius 3 is 2.65 bits per heavy atom. The van der Waals surface area contributed by atoms with E-state index in [-0.39, 0.29) is 24.0 Å². The molecule has 0 spiro atoms. The van der Waals surface area contributed by atoms with Crippen LogP contribution in [0.1, 0.15) is 34.7 Å². The molecule has 0 aliphatic rings. The highest BCUT2D eigenvalue weighted by molar-refractivity contribution is 14.0. The third kappa shape index (κ3) is 6.50. The predicted molar refractivity (Wildman–Crippen MR) is 107 cm³/mol. The van der Waals surface area contributed by atoms with E-state index in [4.69, 9.17) is 4.42 Å². The molecule has 0 aliphatic heterocycles. The number of halogens is 1. The van der Waals surface area contributed by atoms with Crippen LogP contribution in [-0.4, -0.2) is 24.0 Å². The topological polar surface area (TPSA) is 62.5 Å². The molecule has 7 heteroatoms. The lowest BCUT2D eigenvalue weighted by Crippen LogP contribution is -2.38. The number of nitrogens with one attached hydrogen (secondary N) is 2. The zero-order valence-electron chi connectivity index (χ0n) is 14.1. The lowest BCUT2D eigenvalue weighted by Gasteiger charge is -2.10. The van der Waals surface area contributed by atoms with Crippen molar-refractivity contribution in [2.75, 3.05) is 13.1 Å². The molecule has 2 aromatic rings. The molecule has 2 aromatic heterocycles. The van der Waals surface area contributed by atoms with E-state index in [1.54, 1.807) is 11.3 Å². The molecule has 2 rings (SSSR count). The Labute approximate surface area is 159 Å². The van der Waals surface area contributed by atoms with Crippen molar-refractivity contribution >= 4 is 41.3 Å². The minimum atomic E-state index is 0.